The van der Waals surface area contributed by atoms with Gasteiger partial charge >= 0.3 is 0 Å². The van der Waals surface area contributed by atoms with Crippen LogP contribution in [0.5, 0.6) is 0 Å². The van der Waals surface area contributed by atoms with E-state index in [4.69, 9.17) is 0 Å². The molecule has 2 aliphatic heterocycles. The van der Waals surface area contributed by atoms with E-state index in [1.165, 1.54) is 45.2 Å². The molecule has 3 aromatic rings. The van der Waals surface area contributed by atoms with Crippen LogP contribution in [0.3, 0.4) is 0 Å². The molecule has 1 aromatic carbocycles. The van der Waals surface area contributed by atoms with E-state index in [9.17, 15) is 0 Å². The molecule has 0 amide bonds. The number of anilines is 1. The van der Waals surface area contributed by atoms with Crippen LogP contribution in [0.4, 0.5) is 5.13 Å². The van der Waals surface area contributed by atoms with Gasteiger partial charge in [0.25, 0.3) is 0 Å². The van der Waals surface area contributed by atoms with Crippen molar-refractivity contribution in [2.45, 2.75) is 38.1 Å². The molecule has 0 unspecified atom stereocenters. The third-order valence-corrected chi connectivity index (χ3v) is 6.80. The molecule has 2 aliphatic rings. The molecule has 0 aliphatic carbocycles. The van der Waals surface area contributed by atoms with E-state index < -0.39 is 0 Å². The summed E-state index contributed by atoms with van der Waals surface area (Å²) in [6.45, 7) is 4.72. The fourth-order valence-corrected chi connectivity index (χ4v) is 5.25. The molecule has 7 heteroatoms. The number of hydrogen-bond acceptors (Lipinski definition) is 7. The van der Waals surface area contributed by atoms with E-state index in [0.29, 0.717) is 0 Å². The van der Waals surface area contributed by atoms with Gasteiger partial charge in [0.1, 0.15) is 0 Å². The first-order valence-electron chi connectivity index (χ1n) is 9.91. The van der Waals surface area contributed by atoms with Crippen LogP contribution in [0.15, 0.2) is 30.6 Å². The summed E-state index contributed by atoms with van der Waals surface area (Å²) >= 11 is 1.67. The highest BCUT2D eigenvalue weighted by Crippen LogP contribution is 2.33. The second-order valence-electron chi connectivity index (χ2n) is 7.43. The summed E-state index contributed by atoms with van der Waals surface area (Å²) in [5.41, 5.74) is 2.81. The predicted molar refractivity (Wildman–Crippen MR) is 109 cm³/mol. The van der Waals surface area contributed by atoms with Crippen LogP contribution in [0.2, 0.25) is 0 Å². The van der Waals surface area contributed by atoms with Crippen LogP contribution in [0.25, 0.3) is 21.6 Å². The fourth-order valence-electron chi connectivity index (χ4n) is 4.32. The Hall–Kier alpha value is -2.12. The third kappa shape index (κ3) is 3.41. The van der Waals surface area contributed by atoms with Crippen molar-refractivity contribution in [2.75, 3.05) is 31.1 Å². The van der Waals surface area contributed by atoms with Gasteiger partial charge in [-0.15, -0.1) is 10.2 Å². The first-order valence-corrected chi connectivity index (χ1v) is 10.7. The number of rotatable bonds is 3. The van der Waals surface area contributed by atoms with E-state index in [2.05, 4.69) is 36.0 Å². The minimum Gasteiger partial charge on any atom is -0.347 e. The molecule has 2 fully saturated rings. The number of likely N-dealkylation sites (tertiary alicyclic amines) is 1. The van der Waals surface area contributed by atoms with Gasteiger partial charge in [0.2, 0.25) is 5.13 Å². The molecule has 0 N–H and O–H groups in total. The van der Waals surface area contributed by atoms with Crippen LogP contribution in [0.1, 0.15) is 32.1 Å². The fraction of sp³-hybridized carbons (Fsp3) is 0.500. The lowest BCUT2D eigenvalue weighted by molar-refractivity contribution is 0.141. The van der Waals surface area contributed by atoms with Crippen molar-refractivity contribution in [1.82, 2.24) is 25.1 Å². The summed E-state index contributed by atoms with van der Waals surface area (Å²) in [5.74, 6) is 0. The van der Waals surface area contributed by atoms with Crippen molar-refractivity contribution in [1.29, 1.82) is 0 Å². The smallest absolute Gasteiger partial charge is 0.208 e. The van der Waals surface area contributed by atoms with Gasteiger partial charge in [0, 0.05) is 37.1 Å². The lowest BCUT2D eigenvalue weighted by atomic mass is 10.0. The van der Waals surface area contributed by atoms with Crippen molar-refractivity contribution < 1.29 is 0 Å². The Morgan fingerprint density at radius 3 is 2.56 bits per heavy atom. The van der Waals surface area contributed by atoms with Gasteiger partial charge in [-0.1, -0.05) is 23.8 Å². The number of nitrogens with zero attached hydrogens (tertiary/aromatic N) is 6. The number of hydrogen-bond donors (Lipinski definition) is 0. The van der Waals surface area contributed by atoms with E-state index in [1.54, 1.807) is 23.7 Å². The molecule has 27 heavy (non-hydrogen) atoms. The molecule has 0 bridgehead atoms. The summed E-state index contributed by atoms with van der Waals surface area (Å²) < 4.78 is 0. The number of fused-ring (bicyclic) bond motifs is 1. The Morgan fingerprint density at radius 1 is 0.889 bits per heavy atom. The van der Waals surface area contributed by atoms with E-state index in [-0.39, 0.29) is 0 Å². The zero-order valence-electron chi connectivity index (χ0n) is 15.4. The molecule has 140 valence electrons. The lowest BCUT2D eigenvalue weighted by Crippen LogP contribution is -2.46. The number of aromatic nitrogens is 4. The first-order chi connectivity index (χ1) is 13.4. The summed E-state index contributed by atoms with van der Waals surface area (Å²) in [7, 11) is 0. The summed E-state index contributed by atoms with van der Waals surface area (Å²) in [6, 6.07) is 6.81. The SMILES string of the molecule is c1cc(-c2nnc(N3CCC(N4CCCCC4)CC3)s2)c2nccnc2c1. The first kappa shape index (κ1) is 17.0. The molecule has 0 saturated carbocycles. The Kier molecular flexibility index (Phi) is 4.71. The van der Waals surface area contributed by atoms with Crippen molar-refractivity contribution in [3.63, 3.8) is 0 Å². The van der Waals surface area contributed by atoms with Crippen LogP contribution >= 0.6 is 11.3 Å². The van der Waals surface area contributed by atoms with Gasteiger partial charge < -0.3 is 9.80 Å². The van der Waals surface area contributed by atoms with Gasteiger partial charge in [-0.05, 0) is 50.9 Å². The molecule has 0 atom stereocenters. The number of piperidine rings is 2. The van der Waals surface area contributed by atoms with Gasteiger partial charge in [0.05, 0.1) is 11.0 Å². The van der Waals surface area contributed by atoms with Crippen molar-refractivity contribution >= 4 is 27.5 Å². The average Bonchev–Trinajstić information content (AvgIpc) is 3.24. The minimum absolute atomic E-state index is 0.752. The normalized spacial score (nSPS) is 19.6. The van der Waals surface area contributed by atoms with Crippen LogP contribution in [-0.4, -0.2) is 57.3 Å². The Labute approximate surface area is 163 Å². The van der Waals surface area contributed by atoms with Crippen molar-refractivity contribution in [2.24, 2.45) is 0 Å². The topological polar surface area (TPSA) is 58.0 Å². The second-order valence-corrected chi connectivity index (χ2v) is 8.39. The lowest BCUT2D eigenvalue weighted by Gasteiger charge is -2.40. The Morgan fingerprint density at radius 2 is 1.70 bits per heavy atom. The second kappa shape index (κ2) is 7.48. The van der Waals surface area contributed by atoms with Crippen LogP contribution in [-0.2, 0) is 0 Å². The molecule has 0 spiro atoms. The molecular formula is C20H24N6S. The van der Waals surface area contributed by atoms with Gasteiger partial charge in [-0.2, -0.15) is 0 Å². The summed E-state index contributed by atoms with van der Waals surface area (Å²) in [6.07, 6.45) is 10.1. The molecule has 2 saturated heterocycles. The molecular weight excluding hydrogens is 356 g/mol. The Bertz CT molecular complexity index is 906. The maximum atomic E-state index is 4.50. The van der Waals surface area contributed by atoms with Crippen LogP contribution < -0.4 is 4.90 Å². The molecule has 6 nitrogen and oxygen atoms in total. The zero-order valence-corrected chi connectivity index (χ0v) is 16.2. The number of benzene rings is 1. The molecule has 2 aromatic heterocycles. The molecule has 4 heterocycles. The van der Waals surface area contributed by atoms with Gasteiger partial charge in [-0.25, -0.2) is 0 Å². The van der Waals surface area contributed by atoms with Gasteiger partial charge in [0.15, 0.2) is 5.01 Å². The standard InChI is InChI=1S/C20H24N6S/c1-2-11-25(12-3-1)15-7-13-26(14-8-15)20-24-23-19(27-20)16-5-4-6-17-18(16)22-10-9-21-17/h4-6,9-10,15H,1-3,7-8,11-14H2. The van der Waals surface area contributed by atoms with Crippen molar-refractivity contribution in [3.05, 3.63) is 30.6 Å². The quantitative estimate of drug-likeness (QED) is 0.692. The maximum Gasteiger partial charge on any atom is 0.208 e. The molecule has 0 radical (unpaired) electrons. The van der Waals surface area contributed by atoms with Gasteiger partial charge in [-0.3, -0.25) is 9.97 Å². The highest BCUT2D eigenvalue weighted by Gasteiger charge is 2.27. The largest absolute Gasteiger partial charge is 0.347 e. The van der Waals surface area contributed by atoms with Crippen LogP contribution in [0, 0.1) is 0 Å². The predicted octanol–water partition coefficient (Wildman–Crippen LogP) is 3.60. The number of para-hydroxylation sites is 1. The average molecular weight is 381 g/mol. The monoisotopic (exact) mass is 380 g/mol. The maximum absolute atomic E-state index is 4.50. The van der Waals surface area contributed by atoms with E-state index in [1.807, 2.05) is 12.1 Å². The highest BCUT2D eigenvalue weighted by molar-refractivity contribution is 7.18. The highest BCUT2D eigenvalue weighted by atomic mass is 32.1. The summed E-state index contributed by atoms with van der Waals surface area (Å²) in [5, 5.41) is 10.9. The third-order valence-electron chi connectivity index (χ3n) is 5.79. The zero-order chi connectivity index (χ0) is 18.1. The van der Waals surface area contributed by atoms with E-state index >= 15 is 0 Å². The minimum atomic E-state index is 0.752. The van der Waals surface area contributed by atoms with E-state index in [0.717, 1.165) is 45.9 Å². The molecule has 5 rings (SSSR count). The summed E-state index contributed by atoms with van der Waals surface area (Å²) in [4.78, 5) is 14.0. The Balaban J connectivity index is 1.31. The van der Waals surface area contributed by atoms with Crippen molar-refractivity contribution in [3.8, 4) is 10.6 Å².